The minimum absolute atomic E-state index is 0.396. The topological polar surface area (TPSA) is 54.8 Å². The van der Waals surface area contributed by atoms with Crippen LogP contribution in [0.2, 0.25) is 10.0 Å². The van der Waals surface area contributed by atoms with E-state index in [1.807, 2.05) is 31.2 Å². The van der Waals surface area contributed by atoms with Gasteiger partial charge in [-0.2, -0.15) is 0 Å². The summed E-state index contributed by atoms with van der Waals surface area (Å²) in [6.45, 7) is 2.45. The van der Waals surface area contributed by atoms with E-state index in [9.17, 15) is 0 Å². The van der Waals surface area contributed by atoms with Crippen LogP contribution in [0.4, 0.5) is 11.6 Å². The lowest BCUT2D eigenvalue weighted by atomic mass is 10.2. The zero-order valence-electron chi connectivity index (χ0n) is 13.3. The van der Waals surface area contributed by atoms with E-state index in [0.717, 1.165) is 11.3 Å². The van der Waals surface area contributed by atoms with Crippen LogP contribution in [0.3, 0.4) is 0 Å². The van der Waals surface area contributed by atoms with Gasteiger partial charge in [0.05, 0.1) is 6.54 Å². The highest BCUT2D eigenvalue weighted by Crippen LogP contribution is 2.24. The van der Waals surface area contributed by atoms with E-state index in [0.29, 0.717) is 27.7 Å². The van der Waals surface area contributed by atoms with Crippen molar-refractivity contribution in [1.82, 2.24) is 14.8 Å². The molecule has 0 atom stereocenters. The molecular weight excluding hydrogens is 377 g/mol. The van der Waals surface area contributed by atoms with Crippen molar-refractivity contribution >= 4 is 52.2 Å². The summed E-state index contributed by atoms with van der Waals surface area (Å²) >= 11 is 17.6. The molecule has 0 fully saturated rings. The van der Waals surface area contributed by atoms with Crippen LogP contribution < -0.4 is 10.6 Å². The van der Waals surface area contributed by atoms with Crippen molar-refractivity contribution in [2.24, 2.45) is 0 Å². The maximum absolute atomic E-state index is 6.18. The number of aryl methyl sites for hydroxylation is 1. The number of nitrogens with zero attached hydrogens (tertiary/aromatic N) is 3. The Kier molecular flexibility index (Phi) is 5.53. The predicted octanol–water partition coefficient (Wildman–Crippen LogP) is 4.75. The average Bonchev–Trinajstić information content (AvgIpc) is 3.00. The number of aromatic nitrogens is 3. The smallest absolute Gasteiger partial charge is 0.248 e. The third-order valence-corrected chi connectivity index (χ3v) is 4.37. The lowest BCUT2D eigenvalue weighted by Gasteiger charge is -2.08. The number of hydrogen-bond acceptors (Lipinski definition) is 3. The third-order valence-electron chi connectivity index (χ3n) is 3.45. The van der Waals surface area contributed by atoms with E-state index < -0.39 is 0 Å². The fraction of sp³-hybridized carbons (Fsp3) is 0.118. The number of halogens is 2. The van der Waals surface area contributed by atoms with Crippen LogP contribution in [-0.2, 0) is 6.54 Å². The molecule has 25 heavy (non-hydrogen) atoms. The third kappa shape index (κ3) is 4.69. The van der Waals surface area contributed by atoms with Gasteiger partial charge in [0.1, 0.15) is 6.33 Å². The minimum Gasteiger partial charge on any atom is -0.332 e. The summed E-state index contributed by atoms with van der Waals surface area (Å²) in [4.78, 5) is 4.19. The van der Waals surface area contributed by atoms with Crippen LogP contribution in [0.5, 0.6) is 0 Å². The second kappa shape index (κ2) is 7.82. The van der Waals surface area contributed by atoms with Crippen molar-refractivity contribution in [3.63, 3.8) is 0 Å². The van der Waals surface area contributed by atoms with Crippen molar-refractivity contribution in [3.05, 3.63) is 70.0 Å². The molecule has 2 aromatic carbocycles. The van der Waals surface area contributed by atoms with Crippen LogP contribution in [-0.4, -0.2) is 19.9 Å². The van der Waals surface area contributed by atoms with E-state index in [4.69, 9.17) is 35.4 Å². The van der Waals surface area contributed by atoms with Crippen molar-refractivity contribution in [2.75, 3.05) is 10.6 Å². The number of anilines is 2. The molecule has 3 aromatic rings. The fourth-order valence-corrected chi connectivity index (χ4v) is 2.90. The Morgan fingerprint density at radius 3 is 2.44 bits per heavy atom. The molecule has 1 heterocycles. The van der Waals surface area contributed by atoms with E-state index >= 15 is 0 Å². The first-order chi connectivity index (χ1) is 12.0. The molecule has 0 saturated heterocycles. The van der Waals surface area contributed by atoms with Crippen molar-refractivity contribution < 1.29 is 0 Å². The zero-order chi connectivity index (χ0) is 17.8. The monoisotopic (exact) mass is 391 g/mol. The van der Waals surface area contributed by atoms with Crippen molar-refractivity contribution in [1.29, 1.82) is 0 Å². The molecule has 5 nitrogen and oxygen atoms in total. The van der Waals surface area contributed by atoms with E-state index in [1.54, 1.807) is 29.2 Å². The summed E-state index contributed by atoms with van der Waals surface area (Å²) in [5.74, 6) is 0.396. The lowest BCUT2D eigenvalue weighted by molar-refractivity contribution is 0.687. The second-order valence-corrected chi connectivity index (χ2v) is 6.63. The molecule has 0 amide bonds. The summed E-state index contributed by atoms with van der Waals surface area (Å²) < 4.78 is 1.64. The van der Waals surface area contributed by atoms with Gasteiger partial charge in [0.25, 0.3) is 0 Å². The molecule has 2 N–H and O–H groups in total. The fourth-order valence-electron chi connectivity index (χ4n) is 2.17. The van der Waals surface area contributed by atoms with Gasteiger partial charge in [0, 0.05) is 21.3 Å². The van der Waals surface area contributed by atoms with Gasteiger partial charge in [-0.3, -0.25) is 5.32 Å². The molecule has 0 saturated carbocycles. The summed E-state index contributed by atoms with van der Waals surface area (Å²) in [5, 5.41) is 12.0. The minimum atomic E-state index is 0.396. The summed E-state index contributed by atoms with van der Waals surface area (Å²) in [6.07, 6.45) is 1.59. The van der Waals surface area contributed by atoms with Crippen LogP contribution in [0, 0.1) is 6.92 Å². The molecule has 0 aliphatic carbocycles. The SMILES string of the molecule is Cc1ccc(NC(=S)Nc2ncn(Cc3c(Cl)cccc3Cl)n2)cc1. The number of benzene rings is 2. The molecule has 0 unspecified atom stereocenters. The van der Waals surface area contributed by atoms with Crippen molar-refractivity contribution in [2.45, 2.75) is 13.5 Å². The first kappa shape index (κ1) is 17.7. The molecule has 0 aliphatic rings. The number of thiocarbonyl (C=S) groups is 1. The van der Waals surface area contributed by atoms with E-state index in [2.05, 4.69) is 20.7 Å². The highest BCUT2D eigenvalue weighted by Gasteiger charge is 2.09. The molecule has 128 valence electrons. The Bertz CT molecular complexity index is 872. The van der Waals surface area contributed by atoms with Gasteiger partial charge in [-0.25, -0.2) is 9.67 Å². The van der Waals surface area contributed by atoms with Gasteiger partial charge in [-0.1, -0.05) is 47.0 Å². The van der Waals surface area contributed by atoms with Gasteiger partial charge >= 0.3 is 0 Å². The van der Waals surface area contributed by atoms with Gasteiger partial charge in [0.15, 0.2) is 5.11 Å². The van der Waals surface area contributed by atoms with Crippen LogP contribution in [0.1, 0.15) is 11.1 Å². The first-order valence-electron chi connectivity index (χ1n) is 7.48. The largest absolute Gasteiger partial charge is 0.332 e. The molecule has 3 rings (SSSR count). The quantitative estimate of drug-likeness (QED) is 0.628. The molecule has 0 bridgehead atoms. The summed E-state index contributed by atoms with van der Waals surface area (Å²) in [5.41, 5.74) is 2.87. The van der Waals surface area contributed by atoms with Gasteiger partial charge in [-0.05, 0) is 43.4 Å². The standard InChI is InChI=1S/C17H15Cl2N5S/c1-11-5-7-12(8-6-11)21-17(25)22-16-20-10-24(23-16)9-13-14(18)3-2-4-15(13)19/h2-8,10H,9H2,1H3,(H2,21,22,23,25). The lowest BCUT2D eigenvalue weighted by Crippen LogP contribution is -2.20. The highest BCUT2D eigenvalue weighted by molar-refractivity contribution is 7.80. The first-order valence-corrected chi connectivity index (χ1v) is 8.65. The average molecular weight is 392 g/mol. The van der Waals surface area contributed by atoms with Gasteiger partial charge < -0.3 is 5.32 Å². The molecule has 0 radical (unpaired) electrons. The normalized spacial score (nSPS) is 10.5. The molecule has 8 heteroatoms. The maximum Gasteiger partial charge on any atom is 0.248 e. The van der Waals surface area contributed by atoms with Gasteiger partial charge in [-0.15, -0.1) is 5.10 Å². The summed E-state index contributed by atoms with van der Waals surface area (Å²) in [6, 6.07) is 13.3. The number of hydrogen-bond donors (Lipinski definition) is 2. The zero-order valence-corrected chi connectivity index (χ0v) is 15.7. The van der Waals surface area contributed by atoms with Crippen LogP contribution in [0.25, 0.3) is 0 Å². The van der Waals surface area contributed by atoms with Crippen LogP contribution in [0.15, 0.2) is 48.8 Å². The summed E-state index contributed by atoms with van der Waals surface area (Å²) in [7, 11) is 0. The molecule has 0 spiro atoms. The molecule has 1 aromatic heterocycles. The Labute approximate surface area is 161 Å². The van der Waals surface area contributed by atoms with E-state index in [-0.39, 0.29) is 0 Å². The number of rotatable bonds is 4. The van der Waals surface area contributed by atoms with Gasteiger partial charge in [0.2, 0.25) is 5.95 Å². The maximum atomic E-state index is 6.18. The second-order valence-electron chi connectivity index (χ2n) is 5.41. The predicted molar refractivity (Wildman–Crippen MR) is 107 cm³/mol. The Morgan fingerprint density at radius 2 is 1.76 bits per heavy atom. The number of nitrogens with one attached hydrogen (secondary N) is 2. The molecular formula is C17H15Cl2N5S. The van der Waals surface area contributed by atoms with Crippen molar-refractivity contribution in [3.8, 4) is 0 Å². The highest BCUT2D eigenvalue weighted by atomic mass is 35.5. The van der Waals surface area contributed by atoms with Crippen LogP contribution >= 0.6 is 35.4 Å². The Hall–Kier alpha value is -2.15. The molecule has 0 aliphatic heterocycles. The Balaban J connectivity index is 1.63. The Morgan fingerprint density at radius 1 is 1.08 bits per heavy atom. The van der Waals surface area contributed by atoms with E-state index in [1.165, 1.54) is 5.56 Å².